The molecule has 0 atom stereocenters. The van der Waals surface area contributed by atoms with Crippen LogP contribution in [0.15, 0.2) is 54.6 Å². The Kier molecular flexibility index (Phi) is 7.21. The molecule has 12 aliphatic rings. The summed E-state index contributed by atoms with van der Waals surface area (Å²) >= 11 is 0. The van der Waals surface area contributed by atoms with Gasteiger partial charge in [0.1, 0.15) is 34.5 Å². The van der Waals surface area contributed by atoms with E-state index in [4.69, 9.17) is 20.9 Å². The lowest BCUT2D eigenvalue weighted by Crippen LogP contribution is -2.49. The number of benzene rings is 4. The molecule has 12 aliphatic carbocycles. The number of hydrogen-bond acceptors (Lipinski definition) is 6. The first-order chi connectivity index (χ1) is 28.0. The fourth-order valence-electron chi connectivity index (χ4n) is 17.6. The highest BCUT2D eigenvalue weighted by Crippen LogP contribution is 2.66. The van der Waals surface area contributed by atoms with E-state index >= 15 is 0 Å². The predicted octanol–water partition coefficient (Wildman–Crippen LogP) is 12.4. The van der Waals surface area contributed by atoms with E-state index in [-0.39, 0.29) is 27.7 Å². The average molecular weight is 777 g/mol. The van der Waals surface area contributed by atoms with Crippen LogP contribution in [0.1, 0.15) is 132 Å². The summed E-state index contributed by atoms with van der Waals surface area (Å²) in [6.45, 7) is 0. The summed E-state index contributed by atoms with van der Waals surface area (Å²) in [5.41, 5.74) is 17.9. The standard InChI is InChI=1S/C52H60N2O4/c53-43-15-41(51-22-31-6-32(23-51)8-33(7-31)24-51)48(17-45(43)55)57-39-2-1-37-13-40(50-19-28-3-29(20-50)5-30(4-28)21-50)47(14-38(37)12-39)58-49-18-46(56)44(54)16-42(49)52-25-34-9-35(26-52)11-36(10-34)27-52/h1-2,12-18,28-36,55-56H,3-11,19-27,53-54H2. The van der Waals surface area contributed by atoms with Crippen LogP contribution in [-0.4, -0.2) is 10.2 Å². The Morgan fingerprint density at radius 1 is 0.397 bits per heavy atom. The number of ether oxygens (including phenoxy) is 2. The lowest BCUT2D eigenvalue weighted by molar-refractivity contribution is -0.00710. The largest absolute Gasteiger partial charge is 0.506 e. The van der Waals surface area contributed by atoms with Crippen molar-refractivity contribution in [1.29, 1.82) is 0 Å². The van der Waals surface area contributed by atoms with Crippen LogP contribution in [0.2, 0.25) is 0 Å². The maximum atomic E-state index is 11.2. The first-order valence-corrected chi connectivity index (χ1v) is 23.2. The van der Waals surface area contributed by atoms with E-state index < -0.39 is 0 Å². The molecule has 0 aromatic heterocycles. The predicted molar refractivity (Wildman–Crippen MR) is 229 cm³/mol. The van der Waals surface area contributed by atoms with Gasteiger partial charge in [-0.05, 0) is 232 Å². The summed E-state index contributed by atoms with van der Waals surface area (Å²) < 4.78 is 14.3. The van der Waals surface area contributed by atoms with Crippen LogP contribution < -0.4 is 20.9 Å². The van der Waals surface area contributed by atoms with E-state index in [9.17, 15) is 10.2 Å². The Bertz CT molecular complexity index is 2270. The number of anilines is 2. The fraction of sp³-hybridized carbons (Fsp3) is 0.577. The summed E-state index contributed by atoms with van der Waals surface area (Å²) in [5.74, 6) is 10.5. The van der Waals surface area contributed by atoms with Gasteiger partial charge in [0, 0.05) is 28.8 Å². The van der Waals surface area contributed by atoms with Gasteiger partial charge in [-0.15, -0.1) is 0 Å². The van der Waals surface area contributed by atoms with Gasteiger partial charge in [-0.3, -0.25) is 0 Å². The van der Waals surface area contributed by atoms with E-state index in [1.54, 1.807) is 6.07 Å². The number of hydrogen-bond donors (Lipinski definition) is 4. The quantitative estimate of drug-likeness (QED) is 0.110. The monoisotopic (exact) mass is 776 g/mol. The fourth-order valence-corrected chi connectivity index (χ4v) is 17.6. The molecule has 0 spiro atoms. The van der Waals surface area contributed by atoms with Crippen molar-refractivity contribution in [3.63, 3.8) is 0 Å². The third-order valence-electron chi connectivity index (χ3n) is 18.4. The second-order valence-electron chi connectivity index (χ2n) is 22.5. The molecule has 6 N–H and O–H groups in total. The highest BCUT2D eigenvalue weighted by atomic mass is 16.5. The van der Waals surface area contributed by atoms with Gasteiger partial charge >= 0.3 is 0 Å². The molecule has 0 aliphatic heterocycles. The molecule has 4 aromatic carbocycles. The van der Waals surface area contributed by atoms with Gasteiger partial charge in [-0.1, -0.05) is 6.07 Å². The second kappa shape index (κ2) is 12.0. The first-order valence-electron chi connectivity index (χ1n) is 23.2. The molecule has 12 bridgehead atoms. The average Bonchev–Trinajstić information content (AvgIpc) is 3.15. The number of phenolic OH excluding ortho intramolecular Hbond substituents is 2. The van der Waals surface area contributed by atoms with Gasteiger partial charge in [-0.25, -0.2) is 0 Å². The van der Waals surface area contributed by atoms with E-state index in [1.165, 1.54) is 138 Å². The van der Waals surface area contributed by atoms with Crippen molar-refractivity contribution in [2.45, 2.75) is 132 Å². The number of phenols is 2. The Hall–Kier alpha value is -4.06. The molecule has 12 saturated carbocycles. The smallest absolute Gasteiger partial charge is 0.142 e. The molecule has 12 fully saturated rings. The molecule has 0 unspecified atom stereocenters. The molecule has 0 saturated heterocycles. The van der Waals surface area contributed by atoms with E-state index in [0.29, 0.717) is 11.4 Å². The minimum absolute atomic E-state index is 0.0592. The van der Waals surface area contributed by atoms with Crippen LogP contribution >= 0.6 is 0 Å². The molecule has 58 heavy (non-hydrogen) atoms. The van der Waals surface area contributed by atoms with E-state index in [0.717, 1.165) is 81.6 Å². The highest BCUT2D eigenvalue weighted by molar-refractivity contribution is 5.87. The maximum absolute atomic E-state index is 11.2. The Balaban J connectivity index is 0.922. The summed E-state index contributed by atoms with van der Waals surface area (Å²) in [6.07, 6.45) is 23.3. The van der Waals surface area contributed by atoms with Crippen molar-refractivity contribution in [1.82, 2.24) is 0 Å². The minimum Gasteiger partial charge on any atom is -0.506 e. The second-order valence-corrected chi connectivity index (χ2v) is 22.5. The molecule has 6 nitrogen and oxygen atoms in total. The molecule has 0 heterocycles. The lowest BCUT2D eigenvalue weighted by Gasteiger charge is -2.57. The van der Waals surface area contributed by atoms with Crippen molar-refractivity contribution in [3.05, 3.63) is 71.3 Å². The van der Waals surface area contributed by atoms with Gasteiger partial charge in [0.15, 0.2) is 0 Å². The molecule has 0 amide bonds. The molecule has 302 valence electrons. The third-order valence-corrected chi connectivity index (χ3v) is 18.4. The van der Waals surface area contributed by atoms with E-state index in [2.05, 4.69) is 36.4 Å². The lowest BCUT2D eigenvalue weighted by atomic mass is 9.48. The summed E-state index contributed by atoms with van der Waals surface area (Å²) in [7, 11) is 0. The zero-order valence-corrected chi connectivity index (χ0v) is 34.0. The van der Waals surface area contributed by atoms with Crippen LogP contribution in [-0.2, 0) is 16.2 Å². The van der Waals surface area contributed by atoms with Gasteiger partial charge < -0.3 is 31.2 Å². The summed E-state index contributed by atoms with van der Waals surface area (Å²) in [5, 5.41) is 24.4. The van der Waals surface area contributed by atoms with Crippen LogP contribution in [0.5, 0.6) is 34.5 Å². The third kappa shape index (κ3) is 5.27. The maximum Gasteiger partial charge on any atom is 0.142 e. The number of nitrogens with two attached hydrogens (primary N) is 2. The van der Waals surface area contributed by atoms with E-state index in [1.807, 2.05) is 12.1 Å². The number of nitrogen functional groups attached to an aromatic ring is 2. The van der Waals surface area contributed by atoms with Crippen molar-refractivity contribution >= 4 is 22.1 Å². The van der Waals surface area contributed by atoms with Crippen molar-refractivity contribution < 1.29 is 19.7 Å². The van der Waals surface area contributed by atoms with Gasteiger partial charge in [0.25, 0.3) is 0 Å². The zero-order valence-electron chi connectivity index (χ0n) is 34.0. The Morgan fingerprint density at radius 2 is 0.741 bits per heavy atom. The number of fused-ring (bicyclic) bond motifs is 1. The summed E-state index contributed by atoms with van der Waals surface area (Å²) in [4.78, 5) is 0. The molecular formula is C52H60N2O4. The van der Waals surface area contributed by atoms with Gasteiger partial charge in [0.2, 0.25) is 0 Å². The van der Waals surface area contributed by atoms with Crippen LogP contribution in [0.25, 0.3) is 10.8 Å². The van der Waals surface area contributed by atoms with Crippen molar-refractivity contribution in [2.24, 2.45) is 53.3 Å². The summed E-state index contributed by atoms with van der Waals surface area (Å²) in [6, 6.07) is 19.0. The topological polar surface area (TPSA) is 111 Å². The Labute approximate surface area is 343 Å². The van der Waals surface area contributed by atoms with Crippen molar-refractivity contribution in [2.75, 3.05) is 11.5 Å². The first kappa shape index (κ1) is 34.8. The van der Waals surface area contributed by atoms with Crippen LogP contribution in [0.4, 0.5) is 11.4 Å². The highest BCUT2D eigenvalue weighted by Gasteiger charge is 2.55. The SMILES string of the molecule is Nc1cc(C23CC4CC(CC(C4)C2)C3)c(Oc2ccc3cc(C45CC6CC(CC(C6)C4)C5)c(Oc4cc(O)c(N)cc4C45CC6CC(CC(C6)C4)C5)cc3c2)cc1O. The molecule has 0 radical (unpaired) electrons. The zero-order chi connectivity index (χ0) is 38.7. The number of rotatable bonds is 7. The Morgan fingerprint density at radius 3 is 1.14 bits per heavy atom. The molecular weight excluding hydrogens is 717 g/mol. The van der Waals surface area contributed by atoms with Crippen molar-refractivity contribution in [3.8, 4) is 34.5 Å². The molecule has 6 heteroatoms. The minimum atomic E-state index is 0.0592. The molecule has 16 rings (SSSR count). The van der Waals surface area contributed by atoms with Gasteiger partial charge in [0.05, 0.1) is 11.4 Å². The van der Waals surface area contributed by atoms with Crippen LogP contribution in [0.3, 0.4) is 0 Å². The normalized spacial score (nSPS) is 39.8. The number of aromatic hydroxyl groups is 2. The van der Waals surface area contributed by atoms with Crippen LogP contribution in [0, 0.1) is 53.3 Å². The van der Waals surface area contributed by atoms with Gasteiger partial charge in [-0.2, -0.15) is 0 Å². The molecule has 4 aromatic rings.